The number of carbonyl (C=O) groups is 1. The Hall–Kier alpha value is -2.26. The van der Waals surface area contributed by atoms with Crippen LogP contribution >= 0.6 is 23.2 Å². The second kappa shape index (κ2) is 10.0. The van der Waals surface area contributed by atoms with E-state index < -0.39 is 0 Å². The van der Waals surface area contributed by atoms with Crippen LogP contribution in [0.25, 0.3) is 11.2 Å². The summed E-state index contributed by atoms with van der Waals surface area (Å²) in [6, 6.07) is 5.11. The molecule has 2 saturated heterocycles. The van der Waals surface area contributed by atoms with E-state index >= 15 is 0 Å². The van der Waals surface area contributed by atoms with Crippen LogP contribution in [-0.4, -0.2) is 74.9 Å². The van der Waals surface area contributed by atoms with Gasteiger partial charge in [0.2, 0.25) is 0 Å². The highest BCUT2D eigenvalue weighted by molar-refractivity contribution is 6.35. The lowest BCUT2D eigenvalue weighted by molar-refractivity contribution is 0.101. The molecule has 5 rings (SSSR count). The lowest BCUT2D eigenvalue weighted by atomic mass is 9.80. The van der Waals surface area contributed by atoms with Gasteiger partial charge in [0.25, 0.3) is 0 Å². The van der Waals surface area contributed by atoms with Gasteiger partial charge in [-0.1, -0.05) is 29.3 Å². The molecule has 0 unspecified atom stereocenters. The van der Waals surface area contributed by atoms with Crippen molar-refractivity contribution in [2.24, 2.45) is 11.8 Å². The number of halogens is 2. The number of aliphatic hydroxyl groups is 1. The van der Waals surface area contributed by atoms with Crippen molar-refractivity contribution in [1.29, 1.82) is 0 Å². The van der Waals surface area contributed by atoms with Crippen molar-refractivity contribution < 1.29 is 9.90 Å². The number of Topliss-reactive ketones (excluding diaryl/α,β-unsaturated/α-hetero) is 1. The number of hydrogen-bond acceptors (Lipinski definition) is 7. The molecule has 10 heteroatoms. The van der Waals surface area contributed by atoms with Gasteiger partial charge >= 0.3 is 0 Å². The van der Waals surface area contributed by atoms with E-state index in [4.69, 9.17) is 28.2 Å². The Bertz CT molecular complexity index is 1240. The Kier molecular flexibility index (Phi) is 6.99. The largest absolute Gasteiger partial charge is 0.395 e. The first-order chi connectivity index (χ1) is 16.9. The predicted molar refractivity (Wildman–Crippen MR) is 138 cm³/mol. The topological polar surface area (TPSA) is 87.4 Å². The number of carbonyl (C=O) groups excluding carboxylic acids is 1. The van der Waals surface area contributed by atoms with Crippen LogP contribution in [0.2, 0.25) is 10.0 Å². The SMILES string of the molecule is CC(=O)c1nn([C@H](C)c2ccc(Cl)cc2Cl)c2nc(N3CC([C@H]4CCCN(CCO)C4)C3)cnc12. The Morgan fingerprint density at radius 1 is 1.23 bits per heavy atom. The van der Waals surface area contributed by atoms with Crippen LogP contribution in [-0.2, 0) is 0 Å². The highest BCUT2D eigenvalue weighted by Crippen LogP contribution is 2.35. The molecule has 1 aromatic carbocycles. The van der Waals surface area contributed by atoms with Crippen molar-refractivity contribution >= 4 is 46.0 Å². The number of hydrogen-bond donors (Lipinski definition) is 1. The molecular weight excluding hydrogens is 487 g/mol. The van der Waals surface area contributed by atoms with Gasteiger partial charge in [0.1, 0.15) is 11.3 Å². The minimum atomic E-state index is -0.260. The molecule has 1 N–H and O–H groups in total. The standard InChI is InChI=1S/C25H30Cl2N6O2/c1-15(20-6-5-19(26)10-21(20)27)33-25-24(23(30-33)16(2)35)28-11-22(29-25)32-13-18(14-32)17-4-3-7-31(12-17)8-9-34/h5-6,10-11,15,17-18,34H,3-4,7-9,12-14H2,1-2H3/t15-,17+/m1/s1. The summed E-state index contributed by atoms with van der Waals surface area (Å²) in [5.41, 5.74) is 2.23. The van der Waals surface area contributed by atoms with Crippen LogP contribution in [0.1, 0.15) is 48.8 Å². The Balaban J connectivity index is 1.40. The van der Waals surface area contributed by atoms with E-state index in [0.717, 1.165) is 44.1 Å². The summed E-state index contributed by atoms with van der Waals surface area (Å²) < 4.78 is 1.74. The molecule has 2 aliphatic rings. The highest BCUT2D eigenvalue weighted by atomic mass is 35.5. The molecule has 0 bridgehead atoms. The average Bonchev–Trinajstić information content (AvgIpc) is 3.18. The molecule has 0 saturated carbocycles. The molecule has 2 fully saturated rings. The quantitative estimate of drug-likeness (QED) is 0.473. The molecule has 2 atom stereocenters. The smallest absolute Gasteiger partial charge is 0.182 e. The van der Waals surface area contributed by atoms with Gasteiger partial charge in [-0.05, 0) is 55.8 Å². The molecule has 0 aliphatic carbocycles. The van der Waals surface area contributed by atoms with Gasteiger partial charge in [-0.3, -0.25) is 4.79 Å². The van der Waals surface area contributed by atoms with E-state index in [1.165, 1.54) is 19.8 Å². The Labute approximate surface area is 214 Å². The molecule has 2 aromatic heterocycles. The Morgan fingerprint density at radius 2 is 2.03 bits per heavy atom. The van der Waals surface area contributed by atoms with Gasteiger partial charge in [0, 0.05) is 43.1 Å². The van der Waals surface area contributed by atoms with E-state index in [9.17, 15) is 9.90 Å². The van der Waals surface area contributed by atoms with Crippen molar-refractivity contribution in [1.82, 2.24) is 24.6 Å². The van der Waals surface area contributed by atoms with Crippen LogP contribution in [0.3, 0.4) is 0 Å². The third-order valence-corrected chi connectivity index (χ3v) is 7.92. The number of nitrogens with zero attached hydrogens (tertiary/aromatic N) is 6. The fourth-order valence-corrected chi connectivity index (χ4v) is 5.92. The number of fused-ring (bicyclic) bond motifs is 1. The van der Waals surface area contributed by atoms with E-state index in [1.807, 2.05) is 13.0 Å². The van der Waals surface area contributed by atoms with Crippen LogP contribution in [0.4, 0.5) is 5.82 Å². The number of benzene rings is 1. The Morgan fingerprint density at radius 3 is 2.74 bits per heavy atom. The molecule has 0 spiro atoms. The van der Waals surface area contributed by atoms with Crippen LogP contribution in [0, 0.1) is 11.8 Å². The zero-order valence-corrected chi connectivity index (χ0v) is 21.5. The minimum absolute atomic E-state index is 0.154. The van der Waals surface area contributed by atoms with Crippen molar-refractivity contribution in [2.75, 3.05) is 44.2 Å². The highest BCUT2D eigenvalue weighted by Gasteiger charge is 2.36. The molecule has 3 aromatic rings. The third kappa shape index (κ3) is 4.77. The number of likely N-dealkylation sites (tertiary alicyclic amines) is 1. The normalized spacial score (nSPS) is 20.3. The van der Waals surface area contributed by atoms with Gasteiger partial charge in [-0.2, -0.15) is 5.10 Å². The molecule has 186 valence electrons. The first-order valence-corrected chi connectivity index (χ1v) is 12.9. The minimum Gasteiger partial charge on any atom is -0.395 e. The van der Waals surface area contributed by atoms with Crippen LogP contribution in [0.5, 0.6) is 0 Å². The molecule has 8 nitrogen and oxygen atoms in total. The molecule has 0 amide bonds. The molecule has 2 aliphatic heterocycles. The molecule has 4 heterocycles. The lowest BCUT2D eigenvalue weighted by Crippen LogP contribution is -2.54. The fraction of sp³-hybridized carbons (Fsp3) is 0.520. The van der Waals surface area contributed by atoms with Gasteiger partial charge in [0.05, 0.1) is 18.8 Å². The molecule has 35 heavy (non-hydrogen) atoms. The van der Waals surface area contributed by atoms with Crippen molar-refractivity contribution in [2.45, 2.75) is 32.7 Å². The molecule has 0 radical (unpaired) electrons. The van der Waals surface area contributed by atoms with E-state index in [-0.39, 0.29) is 18.4 Å². The number of piperidine rings is 1. The summed E-state index contributed by atoms with van der Waals surface area (Å²) in [5.74, 6) is 1.89. The van der Waals surface area contributed by atoms with Crippen molar-refractivity contribution in [3.05, 3.63) is 45.7 Å². The maximum atomic E-state index is 12.3. The van der Waals surface area contributed by atoms with E-state index in [1.54, 1.807) is 23.0 Å². The van der Waals surface area contributed by atoms with Crippen LogP contribution in [0.15, 0.2) is 24.4 Å². The van der Waals surface area contributed by atoms with Gasteiger partial charge in [-0.25, -0.2) is 14.6 Å². The van der Waals surface area contributed by atoms with Gasteiger partial charge in [0.15, 0.2) is 17.1 Å². The summed E-state index contributed by atoms with van der Waals surface area (Å²) in [6.07, 6.45) is 4.17. The number of anilines is 1. The number of ketones is 1. The van der Waals surface area contributed by atoms with Gasteiger partial charge in [-0.15, -0.1) is 0 Å². The summed E-state index contributed by atoms with van der Waals surface area (Å²) in [5, 5.41) is 15.0. The van der Waals surface area contributed by atoms with Crippen LogP contribution < -0.4 is 4.90 Å². The maximum Gasteiger partial charge on any atom is 0.182 e. The first-order valence-electron chi connectivity index (χ1n) is 12.1. The maximum absolute atomic E-state index is 12.3. The number of aliphatic hydroxyl groups excluding tert-OH is 1. The first kappa shape index (κ1) is 24.4. The van der Waals surface area contributed by atoms with Crippen molar-refractivity contribution in [3.8, 4) is 0 Å². The summed E-state index contributed by atoms with van der Waals surface area (Å²) in [7, 11) is 0. The fourth-order valence-electron chi connectivity index (χ4n) is 5.35. The second-order valence-electron chi connectivity index (χ2n) is 9.68. The zero-order valence-electron chi connectivity index (χ0n) is 20.0. The lowest BCUT2D eigenvalue weighted by Gasteiger charge is -2.47. The molecular formula is C25H30Cl2N6O2. The summed E-state index contributed by atoms with van der Waals surface area (Å²) in [6.45, 7) is 8.44. The average molecular weight is 517 g/mol. The van der Waals surface area contributed by atoms with E-state index in [2.05, 4.69) is 19.9 Å². The van der Waals surface area contributed by atoms with E-state index in [0.29, 0.717) is 38.7 Å². The summed E-state index contributed by atoms with van der Waals surface area (Å²) >= 11 is 12.6. The third-order valence-electron chi connectivity index (χ3n) is 7.36. The number of aromatic nitrogens is 4. The monoisotopic (exact) mass is 516 g/mol. The summed E-state index contributed by atoms with van der Waals surface area (Å²) in [4.78, 5) is 26.4. The van der Waals surface area contributed by atoms with Crippen molar-refractivity contribution in [3.63, 3.8) is 0 Å². The predicted octanol–water partition coefficient (Wildman–Crippen LogP) is 4.09. The number of β-amino-alcohol motifs (C(OH)–C–C–N with tert-alkyl or cyclic N) is 1. The zero-order chi connectivity index (χ0) is 24.7. The second-order valence-corrected chi connectivity index (χ2v) is 10.5. The number of rotatable bonds is 7. The van der Waals surface area contributed by atoms with Gasteiger partial charge < -0.3 is 14.9 Å².